The van der Waals surface area contributed by atoms with E-state index in [0.717, 1.165) is 5.56 Å². The fourth-order valence-corrected chi connectivity index (χ4v) is 2.82. The second kappa shape index (κ2) is 8.74. The van der Waals surface area contributed by atoms with Crippen molar-refractivity contribution < 1.29 is 18.0 Å². The van der Waals surface area contributed by atoms with Crippen LogP contribution in [0, 0.1) is 0 Å². The van der Waals surface area contributed by atoms with Crippen LogP contribution in [0.1, 0.15) is 40.1 Å². The Morgan fingerprint density at radius 3 is 2.22 bits per heavy atom. The summed E-state index contributed by atoms with van der Waals surface area (Å²) in [6.07, 6.45) is 3.31. The van der Waals surface area contributed by atoms with Gasteiger partial charge in [0, 0.05) is 25.0 Å². The van der Waals surface area contributed by atoms with Gasteiger partial charge in [0.1, 0.15) is 0 Å². The molecule has 2 amide bonds. The van der Waals surface area contributed by atoms with Gasteiger partial charge < -0.3 is 10.6 Å². The first kappa shape index (κ1) is 20.5. The molecule has 2 rings (SSSR count). The van der Waals surface area contributed by atoms with Crippen LogP contribution in [0.25, 0.3) is 0 Å². The highest BCUT2D eigenvalue weighted by atomic mass is 32.2. The van der Waals surface area contributed by atoms with E-state index in [1.54, 1.807) is 12.1 Å². The molecule has 9 heteroatoms. The van der Waals surface area contributed by atoms with Crippen LogP contribution in [-0.2, 0) is 16.4 Å². The molecule has 27 heavy (non-hydrogen) atoms. The number of nitrogens with two attached hydrogens (primary N) is 1. The largest absolute Gasteiger partial charge is 0.352 e. The molecule has 0 unspecified atom stereocenters. The molecule has 0 spiro atoms. The molecule has 0 saturated heterocycles. The molecule has 0 aliphatic heterocycles. The number of amides is 2. The minimum atomic E-state index is -3.72. The molecule has 1 aromatic carbocycles. The number of pyridine rings is 1. The molecule has 0 fully saturated rings. The Bertz CT molecular complexity index is 925. The van der Waals surface area contributed by atoms with Gasteiger partial charge in [-0.1, -0.05) is 12.1 Å². The summed E-state index contributed by atoms with van der Waals surface area (Å²) in [6, 6.07) is 7.60. The Balaban J connectivity index is 1.93. The van der Waals surface area contributed by atoms with Gasteiger partial charge in [-0.3, -0.25) is 14.6 Å². The number of sulfonamides is 1. The van der Waals surface area contributed by atoms with E-state index in [4.69, 9.17) is 5.14 Å². The highest BCUT2D eigenvalue weighted by molar-refractivity contribution is 7.89. The van der Waals surface area contributed by atoms with E-state index >= 15 is 0 Å². The lowest BCUT2D eigenvalue weighted by Gasteiger charge is -2.09. The van der Waals surface area contributed by atoms with Gasteiger partial charge in [0.25, 0.3) is 11.8 Å². The number of hydrogen-bond donors (Lipinski definition) is 3. The number of nitrogens with one attached hydrogen (secondary N) is 2. The molecular weight excluding hydrogens is 368 g/mol. The molecule has 4 N–H and O–H groups in total. The Morgan fingerprint density at radius 1 is 1.07 bits per heavy atom. The molecule has 0 bridgehead atoms. The fraction of sp³-hybridized carbons (Fsp3) is 0.278. The number of nitrogens with zero attached hydrogens (tertiary/aromatic N) is 1. The number of carbonyl (C=O) groups excluding carboxylic acids is 2. The number of primary sulfonamides is 1. The van der Waals surface area contributed by atoms with Gasteiger partial charge in [-0.05, 0) is 44.0 Å². The van der Waals surface area contributed by atoms with Crippen molar-refractivity contribution in [3.8, 4) is 0 Å². The number of aromatic nitrogens is 1. The zero-order valence-corrected chi connectivity index (χ0v) is 15.9. The van der Waals surface area contributed by atoms with Crippen molar-refractivity contribution >= 4 is 21.8 Å². The predicted octanol–water partition coefficient (Wildman–Crippen LogP) is 0.840. The number of benzene rings is 1. The molecule has 144 valence electrons. The summed E-state index contributed by atoms with van der Waals surface area (Å²) in [5, 5.41) is 10.5. The highest BCUT2D eigenvalue weighted by Gasteiger charge is 2.12. The van der Waals surface area contributed by atoms with E-state index < -0.39 is 10.0 Å². The van der Waals surface area contributed by atoms with E-state index in [1.165, 1.54) is 30.6 Å². The Morgan fingerprint density at radius 2 is 1.67 bits per heavy atom. The normalized spacial score (nSPS) is 11.3. The molecule has 0 saturated carbocycles. The Labute approximate surface area is 158 Å². The van der Waals surface area contributed by atoms with Gasteiger partial charge in [-0.2, -0.15) is 0 Å². The maximum absolute atomic E-state index is 12.2. The summed E-state index contributed by atoms with van der Waals surface area (Å²) >= 11 is 0. The standard InChI is InChI=1S/C18H22N4O4S/c1-12(2)22-18(24)15-9-14(10-20-11-15)17(23)21-8-7-13-3-5-16(6-4-13)27(19,25)26/h3-6,9-12H,7-8H2,1-2H3,(H,21,23)(H,22,24)(H2,19,25,26). The van der Waals surface area contributed by atoms with Crippen LogP contribution in [0.2, 0.25) is 0 Å². The van der Waals surface area contributed by atoms with Gasteiger partial charge in [-0.25, -0.2) is 13.6 Å². The van der Waals surface area contributed by atoms with Crippen LogP contribution in [0.5, 0.6) is 0 Å². The predicted molar refractivity (Wildman–Crippen MR) is 101 cm³/mol. The summed E-state index contributed by atoms with van der Waals surface area (Å²) in [5.74, 6) is -0.634. The summed E-state index contributed by atoms with van der Waals surface area (Å²) in [7, 11) is -3.72. The third-order valence-electron chi connectivity index (χ3n) is 3.63. The van der Waals surface area contributed by atoms with Crippen molar-refractivity contribution in [2.75, 3.05) is 6.54 Å². The second-order valence-electron chi connectivity index (χ2n) is 6.29. The number of carbonyl (C=O) groups is 2. The zero-order valence-electron chi connectivity index (χ0n) is 15.1. The van der Waals surface area contributed by atoms with Crippen LogP contribution in [0.4, 0.5) is 0 Å². The van der Waals surface area contributed by atoms with Crippen molar-refractivity contribution in [1.29, 1.82) is 0 Å². The highest BCUT2D eigenvalue weighted by Crippen LogP contribution is 2.09. The first-order valence-corrected chi connectivity index (χ1v) is 9.87. The average molecular weight is 390 g/mol. The second-order valence-corrected chi connectivity index (χ2v) is 7.85. The van der Waals surface area contributed by atoms with Crippen molar-refractivity contribution in [1.82, 2.24) is 15.6 Å². The summed E-state index contributed by atoms with van der Waals surface area (Å²) < 4.78 is 22.5. The van der Waals surface area contributed by atoms with Crippen LogP contribution < -0.4 is 15.8 Å². The summed E-state index contributed by atoms with van der Waals surface area (Å²) in [5.41, 5.74) is 1.46. The zero-order chi connectivity index (χ0) is 20.0. The Hall–Kier alpha value is -2.78. The minimum Gasteiger partial charge on any atom is -0.352 e. The molecule has 8 nitrogen and oxygen atoms in total. The summed E-state index contributed by atoms with van der Waals surface area (Å²) in [6.45, 7) is 4.03. The first-order valence-electron chi connectivity index (χ1n) is 8.32. The fourth-order valence-electron chi connectivity index (χ4n) is 2.30. The lowest BCUT2D eigenvalue weighted by atomic mass is 10.1. The van der Waals surface area contributed by atoms with Gasteiger partial charge in [0.15, 0.2) is 0 Å². The van der Waals surface area contributed by atoms with Gasteiger partial charge in [0.05, 0.1) is 16.0 Å². The minimum absolute atomic E-state index is 0.0179. The van der Waals surface area contributed by atoms with Crippen LogP contribution in [0.15, 0.2) is 47.6 Å². The summed E-state index contributed by atoms with van der Waals surface area (Å²) in [4.78, 5) is 28.2. The monoisotopic (exact) mass is 390 g/mol. The molecule has 0 aliphatic carbocycles. The van der Waals surface area contributed by atoms with E-state index in [9.17, 15) is 18.0 Å². The molecule has 1 aromatic heterocycles. The van der Waals surface area contributed by atoms with Gasteiger partial charge in [-0.15, -0.1) is 0 Å². The molecule has 1 heterocycles. The molecule has 0 aliphatic rings. The molecule has 2 aromatic rings. The van der Waals surface area contributed by atoms with Crippen LogP contribution >= 0.6 is 0 Å². The smallest absolute Gasteiger partial charge is 0.253 e. The topological polar surface area (TPSA) is 131 Å². The van der Waals surface area contributed by atoms with E-state index in [1.807, 2.05) is 13.8 Å². The molecule has 0 atom stereocenters. The lowest BCUT2D eigenvalue weighted by Crippen LogP contribution is -2.31. The molecule has 0 radical (unpaired) electrons. The quantitative estimate of drug-likeness (QED) is 0.645. The Kier molecular flexibility index (Phi) is 6.65. The SMILES string of the molecule is CC(C)NC(=O)c1cncc(C(=O)NCCc2ccc(S(N)(=O)=O)cc2)c1. The van der Waals surface area contributed by atoms with E-state index in [0.29, 0.717) is 18.5 Å². The third-order valence-corrected chi connectivity index (χ3v) is 4.56. The van der Waals surface area contributed by atoms with Crippen molar-refractivity contribution in [3.05, 3.63) is 59.4 Å². The maximum atomic E-state index is 12.2. The van der Waals surface area contributed by atoms with E-state index in [2.05, 4.69) is 15.6 Å². The maximum Gasteiger partial charge on any atom is 0.253 e. The van der Waals surface area contributed by atoms with Gasteiger partial charge in [0.2, 0.25) is 10.0 Å². The van der Waals surface area contributed by atoms with Crippen molar-refractivity contribution in [2.45, 2.75) is 31.2 Å². The third kappa shape index (κ3) is 6.15. The first-order chi connectivity index (χ1) is 12.7. The molecular formula is C18H22N4O4S. The van der Waals surface area contributed by atoms with Crippen LogP contribution in [-0.4, -0.2) is 37.8 Å². The van der Waals surface area contributed by atoms with Gasteiger partial charge >= 0.3 is 0 Å². The van der Waals surface area contributed by atoms with Crippen molar-refractivity contribution in [3.63, 3.8) is 0 Å². The number of hydrogen-bond acceptors (Lipinski definition) is 5. The van der Waals surface area contributed by atoms with Crippen molar-refractivity contribution in [2.24, 2.45) is 5.14 Å². The average Bonchev–Trinajstić information content (AvgIpc) is 2.61. The van der Waals surface area contributed by atoms with E-state index in [-0.39, 0.29) is 28.3 Å². The lowest BCUT2D eigenvalue weighted by molar-refractivity contribution is 0.0942. The number of rotatable bonds is 7. The van der Waals surface area contributed by atoms with Crippen LogP contribution in [0.3, 0.4) is 0 Å².